The lowest BCUT2D eigenvalue weighted by Gasteiger charge is -2.25. The maximum atomic E-state index is 5.77. The van der Waals surface area contributed by atoms with Crippen molar-refractivity contribution < 1.29 is 4.74 Å². The van der Waals surface area contributed by atoms with E-state index in [2.05, 4.69) is 41.5 Å². The Kier molecular flexibility index (Phi) is 4.68. The Morgan fingerprint density at radius 3 is 3.14 bits per heavy atom. The van der Waals surface area contributed by atoms with Crippen molar-refractivity contribution in [2.75, 3.05) is 13.2 Å². The van der Waals surface area contributed by atoms with E-state index >= 15 is 0 Å². The van der Waals surface area contributed by atoms with Crippen molar-refractivity contribution in [3.05, 3.63) is 48.5 Å². The van der Waals surface area contributed by atoms with Crippen LogP contribution in [0.2, 0.25) is 0 Å². The summed E-state index contributed by atoms with van der Waals surface area (Å²) in [7, 11) is 0. The molecule has 2 atom stereocenters. The largest absolute Gasteiger partial charge is 0.377 e. The zero-order valence-corrected chi connectivity index (χ0v) is 12.5. The van der Waals surface area contributed by atoms with Gasteiger partial charge in [-0.25, -0.2) is 4.98 Å². The van der Waals surface area contributed by atoms with E-state index < -0.39 is 0 Å². The second-order valence-corrected chi connectivity index (χ2v) is 5.68. The Hall–Kier alpha value is -1.65. The molecule has 4 nitrogen and oxygen atoms in total. The molecule has 0 saturated carbocycles. The van der Waals surface area contributed by atoms with Crippen LogP contribution in [0.4, 0.5) is 0 Å². The van der Waals surface area contributed by atoms with Crippen molar-refractivity contribution in [2.45, 2.75) is 38.3 Å². The van der Waals surface area contributed by atoms with E-state index in [0.717, 1.165) is 18.8 Å². The van der Waals surface area contributed by atoms with Crippen LogP contribution in [0.3, 0.4) is 0 Å². The van der Waals surface area contributed by atoms with Crippen molar-refractivity contribution in [3.63, 3.8) is 0 Å². The van der Waals surface area contributed by atoms with Gasteiger partial charge in [0.25, 0.3) is 0 Å². The van der Waals surface area contributed by atoms with Gasteiger partial charge in [-0.1, -0.05) is 12.1 Å². The SMILES string of the molecule is C[C@@H](NC[C@H]1CCCCO1)c1cccc(-n2ccnc2)c1. The standard InChI is InChI=1S/C17H23N3O/c1-14(19-12-17-7-2-3-10-21-17)15-5-4-6-16(11-15)20-9-8-18-13-20/h4-6,8-9,11,13-14,17,19H,2-3,7,10,12H2,1H3/t14-,17-/m1/s1. The highest BCUT2D eigenvalue weighted by Gasteiger charge is 2.15. The van der Waals surface area contributed by atoms with Crippen molar-refractivity contribution in [1.82, 2.24) is 14.9 Å². The lowest BCUT2D eigenvalue weighted by molar-refractivity contribution is 0.0156. The quantitative estimate of drug-likeness (QED) is 0.917. The Bertz CT molecular complexity index is 547. The summed E-state index contributed by atoms with van der Waals surface area (Å²) in [5.41, 5.74) is 2.43. The Morgan fingerprint density at radius 1 is 1.43 bits per heavy atom. The number of nitrogens with one attached hydrogen (secondary N) is 1. The van der Waals surface area contributed by atoms with E-state index in [4.69, 9.17) is 4.74 Å². The van der Waals surface area contributed by atoms with Crippen LogP contribution >= 0.6 is 0 Å². The van der Waals surface area contributed by atoms with Gasteiger partial charge in [-0.05, 0) is 43.9 Å². The zero-order valence-electron chi connectivity index (χ0n) is 12.5. The minimum atomic E-state index is 0.319. The summed E-state index contributed by atoms with van der Waals surface area (Å²) in [6, 6.07) is 8.89. The van der Waals surface area contributed by atoms with Crippen molar-refractivity contribution >= 4 is 0 Å². The summed E-state index contributed by atoms with van der Waals surface area (Å²) >= 11 is 0. The molecule has 2 aromatic rings. The maximum Gasteiger partial charge on any atom is 0.0991 e. The Morgan fingerprint density at radius 2 is 2.38 bits per heavy atom. The van der Waals surface area contributed by atoms with Gasteiger partial charge in [0.1, 0.15) is 0 Å². The van der Waals surface area contributed by atoms with Gasteiger partial charge in [0.2, 0.25) is 0 Å². The first-order valence-corrected chi connectivity index (χ1v) is 7.76. The molecule has 0 aliphatic carbocycles. The summed E-state index contributed by atoms with van der Waals surface area (Å²) in [4.78, 5) is 4.10. The summed E-state index contributed by atoms with van der Waals surface area (Å²) in [5.74, 6) is 0. The number of rotatable bonds is 5. The molecule has 21 heavy (non-hydrogen) atoms. The van der Waals surface area contributed by atoms with Gasteiger partial charge in [0.05, 0.1) is 12.4 Å². The molecule has 1 aromatic heterocycles. The van der Waals surface area contributed by atoms with Crippen LogP contribution < -0.4 is 5.32 Å². The van der Waals surface area contributed by atoms with Gasteiger partial charge in [0.15, 0.2) is 0 Å². The van der Waals surface area contributed by atoms with E-state index in [-0.39, 0.29) is 0 Å². The summed E-state index contributed by atoms with van der Waals surface area (Å²) in [5, 5.41) is 3.59. The van der Waals surface area contributed by atoms with E-state index in [1.807, 2.05) is 17.1 Å². The molecule has 1 aromatic carbocycles. The lowest BCUT2D eigenvalue weighted by atomic mass is 10.1. The van der Waals surface area contributed by atoms with Crippen LogP contribution in [-0.2, 0) is 4.74 Å². The van der Waals surface area contributed by atoms with Gasteiger partial charge in [-0.2, -0.15) is 0 Å². The van der Waals surface area contributed by atoms with Crippen molar-refractivity contribution in [3.8, 4) is 5.69 Å². The second-order valence-electron chi connectivity index (χ2n) is 5.68. The molecule has 1 fully saturated rings. The fraction of sp³-hybridized carbons (Fsp3) is 0.471. The van der Waals surface area contributed by atoms with Crippen molar-refractivity contribution in [2.24, 2.45) is 0 Å². The topological polar surface area (TPSA) is 39.1 Å². The van der Waals surface area contributed by atoms with E-state index in [1.54, 1.807) is 6.20 Å². The van der Waals surface area contributed by atoms with Crippen LogP contribution in [0, 0.1) is 0 Å². The van der Waals surface area contributed by atoms with E-state index in [1.165, 1.54) is 24.8 Å². The number of benzene rings is 1. The van der Waals surface area contributed by atoms with Crippen LogP contribution in [0.5, 0.6) is 0 Å². The van der Waals surface area contributed by atoms with Crippen molar-refractivity contribution in [1.29, 1.82) is 0 Å². The predicted molar refractivity (Wildman–Crippen MR) is 83.6 cm³/mol. The van der Waals surface area contributed by atoms with E-state index in [9.17, 15) is 0 Å². The molecule has 1 aliphatic heterocycles. The van der Waals surface area contributed by atoms with Crippen LogP contribution in [0.15, 0.2) is 43.0 Å². The molecule has 3 rings (SSSR count). The average molecular weight is 285 g/mol. The summed E-state index contributed by atoms with van der Waals surface area (Å²) in [6.07, 6.45) is 9.64. The molecule has 0 unspecified atom stereocenters. The minimum Gasteiger partial charge on any atom is -0.377 e. The first-order valence-electron chi connectivity index (χ1n) is 7.76. The smallest absolute Gasteiger partial charge is 0.0991 e. The predicted octanol–water partition coefficient (Wildman–Crippen LogP) is 3.09. The molecule has 1 N–H and O–H groups in total. The third kappa shape index (κ3) is 3.71. The fourth-order valence-corrected chi connectivity index (χ4v) is 2.76. The molecule has 0 spiro atoms. The second kappa shape index (κ2) is 6.87. The number of hydrogen-bond donors (Lipinski definition) is 1. The zero-order chi connectivity index (χ0) is 14.5. The third-order valence-electron chi connectivity index (χ3n) is 4.10. The highest BCUT2D eigenvalue weighted by atomic mass is 16.5. The van der Waals surface area contributed by atoms with Crippen LogP contribution in [-0.4, -0.2) is 28.8 Å². The monoisotopic (exact) mass is 285 g/mol. The number of nitrogens with zero attached hydrogens (tertiary/aromatic N) is 2. The molecular formula is C17H23N3O. The summed E-state index contributed by atoms with van der Waals surface area (Å²) in [6.45, 7) is 4.04. The molecule has 1 saturated heterocycles. The Labute approximate surface area is 126 Å². The molecule has 0 bridgehead atoms. The first-order chi connectivity index (χ1) is 10.3. The number of ether oxygens (including phenoxy) is 1. The van der Waals surface area contributed by atoms with E-state index in [0.29, 0.717) is 12.1 Å². The van der Waals surface area contributed by atoms with Gasteiger partial charge < -0.3 is 14.6 Å². The highest BCUT2D eigenvalue weighted by Crippen LogP contribution is 2.18. The normalized spacial score (nSPS) is 20.3. The molecule has 0 radical (unpaired) electrons. The first kappa shape index (κ1) is 14.3. The molecule has 1 aliphatic rings. The lowest BCUT2D eigenvalue weighted by Crippen LogP contribution is -2.33. The van der Waals surface area contributed by atoms with Crippen LogP contribution in [0.1, 0.15) is 37.8 Å². The maximum absolute atomic E-state index is 5.77. The number of aromatic nitrogens is 2. The number of hydrogen-bond acceptors (Lipinski definition) is 3. The minimum absolute atomic E-state index is 0.319. The molecular weight excluding hydrogens is 262 g/mol. The fourth-order valence-electron chi connectivity index (χ4n) is 2.76. The Balaban J connectivity index is 1.61. The summed E-state index contributed by atoms with van der Waals surface area (Å²) < 4.78 is 7.80. The van der Waals surface area contributed by atoms with Gasteiger partial charge in [-0.15, -0.1) is 0 Å². The number of imidazole rings is 1. The molecule has 2 heterocycles. The van der Waals surface area contributed by atoms with Gasteiger partial charge in [-0.3, -0.25) is 0 Å². The molecule has 112 valence electrons. The van der Waals surface area contributed by atoms with Gasteiger partial charge in [0, 0.05) is 37.3 Å². The van der Waals surface area contributed by atoms with Gasteiger partial charge >= 0.3 is 0 Å². The average Bonchev–Trinajstić information content (AvgIpc) is 3.08. The molecule has 4 heteroatoms. The molecule has 0 amide bonds. The van der Waals surface area contributed by atoms with Crippen LogP contribution in [0.25, 0.3) is 5.69 Å². The highest BCUT2D eigenvalue weighted by molar-refractivity contribution is 5.36. The third-order valence-corrected chi connectivity index (χ3v) is 4.10.